The lowest BCUT2D eigenvalue weighted by Crippen LogP contribution is -2.19. The number of carbonyl (C=O) groups excluding carboxylic acids is 1. The number of amidine groups is 1. The summed E-state index contributed by atoms with van der Waals surface area (Å²) in [6, 6.07) is 13.2. The Morgan fingerprint density at radius 3 is 2.79 bits per heavy atom. The lowest BCUT2D eigenvalue weighted by atomic mass is 10.2. The number of carbonyl (C=O) groups is 1. The molecule has 0 aliphatic carbocycles. The van der Waals surface area contributed by atoms with Crippen molar-refractivity contribution in [1.29, 1.82) is 0 Å². The molecule has 142 valence electrons. The first-order chi connectivity index (χ1) is 13.6. The van der Waals surface area contributed by atoms with Crippen molar-refractivity contribution in [2.75, 3.05) is 13.2 Å². The van der Waals surface area contributed by atoms with Crippen LogP contribution in [0.5, 0.6) is 11.5 Å². The van der Waals surface area contributed by atoms with Crippen LogP contribution in [0, 0.1) is 15.9 Å². The molecule has 5 nitrogen and oxygen atoms in total. The van der Waals surface area contributed by atoms with Crippen molar-refractivity contribution in [1.82, 2.24) is 5.32 Å². The molecular weight excluding hydrogens is 487 g/mol. The Morgan fingerprint density at radius 1 is 1.29 bits per heavy atom. The number of hydrogen-bond donors (Lipinski definition) is 1. The van der Waals surface area contributed by atoms with E-state index >= 15 is 0 Å². The molecule has 0 saturated carbocycles. The summed E-state index contributed by atoms with van der Waals surface area (Å²) in [6.45, 7) is 2.55. The predicted octanol–water partition coefficient (Wildman–Crippen LogP) is 4.59. The molecule has 1 amide bonds. The third-order valence-electron chi connectivity index (χ3n) is 3.57. The first kappa shape index (κ1) is 20.3. The van der Waals surface area contributed by atoms with Crippen molar-refractivity contribution >= 4 is 57.2 Å². The fourth-order valence-electron chi connectivity index (χ4n) is 2.44. The lowest BCUT2D eigenvalue weighted by molar-refractivity contribution is -0.115. The van der Waals surface area contributed by atoms with Crippen LogP contribution in [0.25, 0.3) is 6.08 Å². The highest BCUT2D eigenvalue weighted by molar-refractivity contribution is 14.1. The van der Waals surface area contributed by atoms with Crippen LogP contribution in [0.4, 0.5) is 5.69 Å². The number of ether oxygens (including phenoxy) is 2. The van der Waals surface area contributed by atoms with Gasteiger partial charge in [-0.15, -0.1) is 6.42 Å². The van der Waals surface area contributed by atoms with Crippen molar-refractivity contribution in [2.24, 2.45) is 4.99 Å². The fraction of sp³-hybridized carbons (Fsp3) is 0.143. The van der Waals surface area contributed by atoms with Crippen LogP contribution < -0.4 is 14.8 Å². The van der Waals surface area contributed by atoms with Crippen molar-refractivity contribution in [3.8, 4) is 23.8 Å². The summed E-state index contributed by atoms with van der Waals surface area (Å²) in [6.07, 6.45) is 7.10. The van der Waals surface area contributed by atoms with E-state index in [1.165, 1.54) is 11.8 Å². The Bertz CT molecular complexity index is 981. The van der Waals surface area contributed by atoms with Gasteiger partial charge in [0, 0.05) is 0 Å². The van der Waals surface area contributed by atoms with E-state index in [4.69, 9.17) is 15.9 Å². The summed E-state index contributed by atoms with van der Waals surface area (Å²) < 4.78 is 12.1. The van der Waals surface area contributed by atoms with Gasteiger partial charge in [-0.25, -0.2) is 4.99 Å². The molecule has 7 heteroatoms. The fourth-order valence-corrected chi connectivity index (χ4v) is 4.06. The van der Waals surface area contributed by atoms with Gasteiger partial charge >= 0.3 is 0 Å². The lowest BCUT2D eigenvalue weighted by Gasteiger charge is -2.13. The second-order valence-electron chi connectivity index (χ2n) is 5.57. The molecule has 0 bridgehead atoms. The first-order valence-electron chi connectivity index (χ1n) is 8.48. The molecule has 28 heavy (non-hydrogen) atoms. The Morgan fingerprint density at radius 2 is 2.07 bits per heavy atom. The summed E-state index contributed by atoms with van der Waals surface area (Å²) in [5, 5.41) is 3.34. The van der Waals surface area contributed by atoms with E-state index in [0.717, 1.165) is 14.8 Å². The Labute approximate surface area is 181 Å². The van der Waals surface area contributed by atoms with Crippen LogP contribution in [0.2, 0.25) is 0 Å². The molecule has 1 heterocycles. The smallest absolute Gasteiger partial charge is 0.264 e. The van der Waals surface area contributed by atoms with Gasteiger partial charge in [-0.3, -0.25) is 4.79 Å². The third-order valence-corrected chi connectivity index (χ3v) is 5.28. The van der Waals surface area contributed by atoms with Crippen molar-refractivity contribution in [2.45, 2.75) is 6.92 Å². The highest BCUT2D eigenvalue weighted by Crippen LogP contribution is 2.36. The average molecular weight is 504 g/mol. The van der Waals surface area contributed by atoms with Gasteiger partial charge in [-0.1, -0.05) is 24.1 Å². The van der Waals surface area contributed by atoms with Crippen LogP contribution in [0.1, 0.15) is 12.5 Å². The molecule has 1 N–H and O–H groups in total. The third kappa shape index (κ3) is 5.09. The van der Waals surface area contributed by atoms with Gasteiger partial charge in [0.05, 0.1) is 20.8 Å². The molecule has 0 aromatic heterocycles. The van der Waals surface area contributed by atoms with E-state index in [9.17, 15) is 4.79 Å². The second-order valence-corrected chi connectivity index (χ2v) is 7.77. The molecule has 2 aromatic rings. The van der Waals surface area contributed by atoms with Gasteiger partial charge in [0.15, 0.2) is 16.7 Å². The molecule has 3 rings (SSSR count). The molecule has 0 spiro atoms. The van der Waals surface area contributed by atoms with Crippen LogP contribution in [0.3, 0.4) is 0 Å². The summed E-state index contributed by atoms with van der Waals surface area (Å²) in [4.78, 5) is 17.3. The quantitative estimate of drug-likeness (QED) is 0.355. The first-order valence-corrected chi connectivity index (χ1v) is 10.4. The molecular formula is C21H17IN2O3S. The zero-order valence-electron chi connectivity index (χ0n) is 15.1. The number of aliphatic imine (C=N–C) groups is 1. The summed E-state index contributed by atoms with van der Waals surface area (Å²) >= 11 is 3.47. The summed E-state index contributed by atoms with van der Waals surface area (Å²) in [5.74, 6) is 3.48. The molecule has 2 aromatic carbocycles. The minimum Gasteiger partial charge on any atom is -0.490 e. The molecule has 0 unspecified atom stereocenters. The number of terminal acetylenes is 1. The Hall–Kier alpha value is -2.44. The van der Waals surface area contributed by atoms with Crippen LogP contribution >= 0.6 is 34.4 Å². The molecule has 1 saturated heterocycles. The minimum absolute atomic E-state index is 0.161. The normalized spacial score (nSPS) is 16.1. The average Bonchev–Trinajstić information content (AvgIpc) is 3.01. The van der Waals surface area contributed by atoms with Gasteiger partial charge in [0.1, 0.15) is 6.61 Å². The van der Waals surface area contributed by atoms with E-state index in [1.54, 1.807) is 0 Å². The maximum atomic E-state index is 12.3. The van der Waals surface area contributed by atoms with Gasteiger partial charge in [-0.05, 0) is 77.2 Å². The number of para-hydroxylation sites is 1. The zero-order chi connectivity index (χ0) is 19.9. The van der Waals surface area contributed by atoms with E-state index in [1.807, 2.05) is 55.5 Å². The van der Waals surface area contributed by atoms with Crippen LogP contribution in [0.15, 0.2) is 52.4 Å². The van der Waals surface area contributed by atoms with Gasteiger partial charge in [0.25, 0.3) is 5.91 Å². The Kier molecular flexibility index (Phi) is 7.01. The highest BCUT2D eigenvalue weighted by Gasteiger charge is 2.24. The summed E-state index contributed by atoms with van der Waals surface area (Å²) in [5.41, 5.74) is 1.62. The largest absolute Gasteiger partial charge is 0.490 e. The number of hydrogen-bond acceptors (Lipinski definition) is 5. The number of halogens is 1. The topological polar surface area (TPSA) is 59.9 Å². The number of nitrogens with zero attached hydrogens (tertiary/aromatic N) is 1. The summed E-state index contributed by atoms with van der Waals surface area (Å²) in [7, 11) is 0. The van der Waals surface area contributed by atoms with Crippen molar-refractivity contribution in [3.63, 3.8) is 0 Å². The maximum absolute atomic E-state index is 12.3. The molecule has 1 aliphatic rings. The number of thioether (sulfide) groups is 1. The van der Waals surface area contributed by atoms with Gasteiger partial charge in [-0.2, -0.15) is 0 Å². The minimum atomic E-state index is -0.180. The highest BCUT2D eigenvalue weighted by atomic mass is 127. The maximum Gasteiger partial charge on any atom is 0.264 e. The van der Waals surface area contributed by atoms with Gasteiger partial charge < -0.3 is 14.8 Å². The SMILES string of the molecule is C#CCOc1c(I)cc(/C=C2\SC(=Nc3ccccc3)NC2=O)cc1OCC. The molecule has 0 radical (unpaired) electrons. The van der Waals surface area contributed by atoms with Crippen molar-refractivity contribution < 1.29 is 14.3 Å². The number of nitrogens with one attached hydrogen (secondary N) is 1. The predicted molar refractivity (Wildman–Crippen MR) is 122 cm³/mol. The standard InChI is InChI=1S/C21H17IN2O3S/c1-3-10-27-19-16(22)11-14(12-17(19)26-4-2)13-18-20(25)24-21(28-18)23-15-8-6-5-7-9-15/h1,5-9,11-13H,4,10H2,2H3,(H,23,24,25)/b18-13-. The van der Waals surface area contributed by atoms with Crippen molar-refractivity contribution in [3.05, 3.63) is 56.5 Å². The second kappa shape index (κ2) is 9.66. The number of amides is 1. The molecule has 1 fully saturated rings. The number of rotatable bonds is 6. The van der Waals surface area contributed by atoms with Gasteiger partial charge in [0.2, 0.25) is 0 Å². The monoisotopic (exact) mass is 504 g/mol. The van der Waals surface area contributed by atoms with Crippen LogP contribution in [-0.4, -0.2) is 24.3 Å². The zero-order valence-corrected chi connectivity index (χ0v) is 18.0. The van der Waals surface area contributed by atoms with E-state index < -0.39 is 0 Å². The molecule has 1 aliphatic heterocycles. The van der Waals surface area contributed by atoms with E-state index in [2.05, 4.69) is 38.8 Å². The van der Waals surface area contributed by atoms with E-state index in [0.29, 0.717) is 28.2 Å². The Balaban J connectivity index is 1.87. The number of benzene rings is 2. The van der Waals surface area contributed by atoms with Crippen LogP contribution in [-0.2, 0) is 4.79 Å². The van der Waals surface area contributed by atoms with E-state index in [-0.39, 0.29) is 12.5 Å². The molecule has 0 atom stereocenters.